The Morgan fingerprint density at radius 2 is 1.61 bits per heavy atom. The van der Waals surface area contributed by atoms with Crippen LogP contribution < -0.4 is 0 Å². The summed E-state index contributed by atoms with van der Waals surface area (Å²) in [6, 6.07) is 17.5. The molecule has 1 heteroatoms. The molecule has 0 radical (unpaired) electrons. The van der Waals surface area contributed by atoms with Crippen LogP contribution in [0.2, 0.25) is 0 Å². The second-order valence-corrected chi connectivity index (χ2v) is 5.32. The van der Waals surface area contributed by atoms with Crippen LogP contribution in [0.25, 0.3) is 10.8 Å². The summed E-state index contributed by atoms with van der Waals surface area (Å²) < 4.78 is 0. The lowest BCUT2D eigenvalue weighted by Crippen LogP contribution is -2.26. The van der Waals surface area contributed by atoms with Gasteiger partial charge < -0.3 is 0 Å². The molecule has 3 rings (SSSR count). The van der Waals surface area contributed by atoms with Crippen molar-refractivity contribution in [3.8, 4) is 6.07 Å². The molecule has 18 heavy (non-hydrogen) atoms. The highest BCUT2D eigenvalue weighted by Crippen LogP contribution is 2.39. The average molecular weight is 235 g/mol. The van der Waals surface area contributed by atoms with Crippen molar-refractivity contribution in [2.75, 3.05) is 0 Å². The highest BCUT2D eigenvalue weighted by atomic mass is 14.4. The van der Waals surface area contributed by atoms with Gasteiger partial charge in [0.05, 0.1) is 11.5 Å². The maximum atomic E-state index is 9.62. The molecule has 90 valence electrons. The molecular formula is C17H17N. The quantitative estimate of drug-likeness (QED) is 0.710. The zero-order valence-corrected chi connectivity index (χ0v) is 10.5. The normalized spacial score (nSPS) is 18.4. The smallest absolute Gasteiger partial charge is 0.0822 e. The molecule has 1 aliphatic rings. The van der Waals surface area contributed by atoms with Crippen molar-refractivity contribution in [3.05, 3.63) is 48.0 Å². The third-order valence-electron chi connectivity index (χ3n) is 4.22. The van der Waals surface area contributed by atoms with Crippen molar-refractivity contribution >= 4 is 10.8 Å². The number of hydrogen-bond acceptors (Lipinski definition) is 1. The van der Waals surface area contributed by atoms with Gasteiger partial charge in [-0.05, 0) is 35.2 Å². The van der Waals surface area contributed by atoms with E-state index in [0.717, 1.165) is 12.8 Å². The molecule has 2 aromatic carbocycles. The first-order valence-corrected chi connectivity index (χ1v) is 6.75. The fraction of sp³-hybridized carbons (Fsp3) is 0.353. The Labute approximate surface area is 108 Å². The molecule has 0 bridgehead atoms. The van der Waals surface area contributed by atoms with E-state index in [0.29, 0.717) is 0 Å². The monoisotopic (exact) mass is 235 g/mol. The van der Waals surface area contributed by atoms with Crippen LogP contribution in [0.15, 0.2) is 42.5 Å². The summed E-state index contributed by atoms with van der Waals surface area (Å²) >= 11 is 0. The lowest BCUT2D eigenvalue weighted by atomic mass is 9.70. The van der Waals surface area contributed by atoms with E-state index in [2.05, 4.69) is 48.5 Å². The molecule has 0 aliphatic heterocycles. The van der Waals surface area contributed by atoms with E-state index >= 15 is 0 Å². The van der Waals surface area contributed by atoms with E-state index < -0.39 is 0 Å². The molecule has 0 saturated heterocycles. The summed E-state index contributed by atoms with van der Waals surface area (Å²) in [6.45, 7) is 0. The molecule has 0 atom stereocenters. The van der Waals surface area contributed by atoms with Gasteiger partial charge in [-0.2, -0.15) is 5.26 Å². The Morgan fingerprint density at radius 1 is 0.889 bits per heavy atom. The minimum Gasteiger partial charge on any atom is -0.197 e. The zero-order chi connectivity index (χ0) is 12.4. The fourth-order valence-electron chi connectivity index (χ4n) is 3.11. The Morgan fingerprint density at radius 3 is 2.33 bits per heavy atom. The molecule has 1 fully saturated rings. The first kappa shape index (κ1) is 11.3. The number of nitriles is 1. The third-order valence-corrected chi connectivity index (χ3v) is 4.22. The van der Waals surface area contributed by atoms with Gasteiger partial charge in [-0.3, -0.25) is 0 Å². The lowest BCUT2D eigenvalue weighted by Gasteiger charge is -2.31. The second kappa shape index (κ2) is 4.46. The Balaban J connectivity index is 2.10. The number of hydrogen-bond donors (Lipinski definition) is 0. The van der Waals surface area contributed by atoms with E-state index in [1.807, 2.05) is 0 Å². The standard InChI is InChI=1S/C17H17N/c18-13-17(10-4-1-5-11-17)16-9-8-14-6-2-3-7-15(14)12-16/h2-3,6-9,12H,1,4-5,10-11H2. The average Bonchev–Trinajstić information content (AvgIpc) is 2.47. The van der Waals surface area contributed by atoms with Gasteiger partial charge in [0, 0.05) is 0 Å². The zero-order valence-electron chi connectivity index (χ0n) is 10.5. The van der Waals surface area contributed by atoms with E-state index in [9.17, 15) is 5.26 Å². The summed E-state index contributed by atoms with van der Waals surface area (Å²) in [5.74, 6) is 0. The summed E-state index contributed by atoms with van der Waals surface area (Å²) in [6.07, 6.45) is 5.67. The van der Waals surface area contributed by atoms with Crippen LogP contribution in [0, 0.1) is 11.3 Å². The second-order valence-electron chi connectivity index (χ2n) is 5.32. The van der Waals surface area contributed by atoms with E-state index in [-0.39, 0.29) is 5.41 Å². The van der Waals surface area contributed by atoms with Crippen LogP contribution in [0.4, 0.5) is 0 Å². The predicted octanol–water partition coefficient (Wildman–Crippen LogP) is 4.57. The summed E-state index contributed by atoms with van der Waals surface area (Å²) in [5.41, 5.74) is 0.978. The van der Waals surface area contributed by atoms with Crippen LogP contribution in [0.3, 0.4) is 0 Å². The third kappa shape index (κ3) is 1.78. The number of rotatable bonds is 1. The van der Waals surface area contributed by atoms with Gasteiger partial charge in [-0.1, -0.05) is 55.7 Å². The van der Waals surface area contributed by atoms with Crippen molar-refractivity contribution in [1.82, 2.24) is 0 Å². The van der Waals surface area contributed by atoms with Gasteiger partial charge >= 0.3 is 0 Å². The SMILES string of the molecule is N#CC1(c2ccc3ccccc3c2)CCCCC1. The van der Waals surface area contributed by atoms with Crippen molar-refractivity contribution in [2.45, 2.75) is 37.5 Å². The molecule has 1 saturated carbocycles. The maximum absolute atomic E-state index is 9.62. The van der Waals surface area contributed by atoms with Gasteiger partial charge in [0.25, 0.3) is 0 Å². The summed E-state index contributed by atoms with van der Waals surface area (Å²) in [7, 11) is 0. The van der Waals surface area contributed by atoms with Crippen molar-refractivity contribution in [3.63, 3.8) is 0 Å². The molecule has 2 aromatic rings. The molecule has 1 nitrogen and oxygen atoms in total. The molecule has 1 aliphatic carbocycles. The first-order chi connectivity index (χ1) is 8.84. The summed E-state index contributed by atoms with van der Waals surface area (Å²) in [5, 5.41) is 12.1. The van der Waals surface area contributed by atoms with Crippen molar-refractivity contribution in [2.24, 2.45) is 0 Å². The number of benzene rings is 2. The van der Waals surface area contributed by atoms with E-state index in [4.69, 9.17) is 0 Å². The topological polar surface area (TPSA) is 23.8 Å². The fourth-order valence-corrected chi connectivity index (χ4v) is 3.11. The highest BCUT2D eigenvalue weighted by molar-refractivity contribution is 5.83. The Bertz CT molecular complexity index is 600. The van der Waals surface area contributed by atoms with Crippen LogP contribution in [-0.2, 0) is 5.41 Å². The Kier molecular flexibility index (Phi) is 2.80. The Hall–Kier alpha value is -1.81. The minimum atomic E-state index is -0.234. The van der Waals surface area contributed by atoms with Gasteiger partial charge in [0.2, 0.25) is 0 Å². The van der Waals surface area contributed by atoms with Gasteiger partial charge in [0.1, 0.15) is 0 Å². The lowest BCUT2D eigenvalue weighted by molar-refractivity contribution is 0.366. The molecule has 0 aromatic heterocycles. The van der Waals surface area contributed by atoms with Crippen LogP contribution in [-0.4, -0.2) is 0 Å². The number of nitrogens with zero attached hydrogens (tertiary/aromatic N) is 1. The van der Waals surface area contributed by atoms with Crippen LogP contribution >= 0.6 is 0 Å². The van der Waals surface area contributed by atoms with Gasteiger partial charge in [0.15, 0.2) is 0 Å². The first-order valence-electron chi connectivity index (χ1n) is 6.75. The maximum Gasteiger partial charge on any atom is 0.0822 e. The van der Waals surface area contributed by atoms with E-state index in [1.165, 1.54) is 35.6 Å². The van der Waals surface area contributed by atoms with E-state index in [1.54, 1.807) is 0 Å². The van der Waals surface area contributed by atoms with Crippen molar-refractivity contribution in [1.29, 1.82) is 5.26 Å². The van der Waals surface area contributed by atoms with Gasteiger partial charge in [-0.25, -0.2) is 0 Å². The molecule has 0 spiro atoms. The van der Waals surface area contributed by atoms with Crippen LogP contribution in [0.1, 0.15) is 37.7 Å². The molecule has 0 heterocycles. The van der Waals surface area contributed by atoms with Crippen LogP contribution in [0.5, 0.6) is 0 Å². The molecule has 0 amide bonds. The highest BCUT2D eigenvalue weighted by Gasteiger charge is 2.33. The summed E-state index contributed by atoms with van der Waals surface area (Å²) in [4.78, 5) is 0. The minimum absolute atomic E-state index is 0.234. The molecule has 0 unspecified atom stereocenters. The number of fused-ring (bicyclic) bond motifs is 1. The van der Waals surface area contributed by atoms with Crippen molar-refractivity contribution < 1.29 is 0 Å². The largest absolute Gasteiger partial charge is 0.197 e. The molecular weight excluding hydrogens is 218 g/mol. The predicted molar refractivity (Wildman–Crippen MR) is 74.3 cm³/mol. The van der Waals surface area contributed by atoms with Gasteiger partial charge in [-0.15, -0.1) is 0 Å². The molecule has 0 N–H and O–H groups in total.